The molecule has 0 aliphatic carbocycles. The van der Waals surface area contributed by atoms with Gasteiger partial charge in [-0.2, -0.15) is 11.8 Å². The number of amides is 1. The van der Waals surface area contributed by atoms with Crippen LogP contribution in [0, 0.1) is 0 Å². The maximum atomic E-state index is 12.2. The van der Waals surface area contributed by atoms with Crippen molar-refractivity contribution in [2.24, 2.45) is 5.73 Å². The van der Waals surface area contributed by atoms with E-state index in [0.29, 0.717) is 6.54 Å². The molecule has 1 saturated heterocycles. The van der Waals surface area contributed by atoms with Gasteiger partial charge in [0.25, 0.3) is 0 Å². The summed E-state index contributed by atoms with van der Waals surface area (Å²) >= 11 is 1.73. The first-order chi connectivity index (χ1) is 8.19. The van der Waals surface area contributed by atoms with Gasteiger partial charge >= 0.3 is 0 Å². The van der Waals surface area contributed by atoms with Crippen LogP contribution in [0.3, 0.4) is 0 Å². The van der Waals surface area contributed by atoms with E-state index in [-0.39, 0.29) is 18.1 Å². The number of thioether (sulfide) groups is 1. The molecule has 1 amide bonds. The van der Waals surface area contributed by atoms with Crippen LogP contribution < -0.4 is 5.73 Å². The Morgan fingerprint density at radius 1 is 1.65 bits per heavy atom. The minimum Gasteiger partial charge on any atom is -0.376 e. The van der Waals surface area contributed by atoms with Gasteiger partial charge in [0.05, 0.1) is 12.1 Å². The largest absolute Gasteiger partial charge is 0.376 e. The second-order valence-electron chi connectivity index (χ2n) is 4.43. The second-order valence-corrected chi connectivity index (χ2v) is 5.41. The number of carbonyl (C=O) groups excluding carboxylic acids is 1. The van der Waals surface area contributed by atoms with Crippen LogP contribution in [0.4, 0.5) is 0 Å². The fraction of sp³-hybridized carbons (Fsp3) is 0.917. The van der Waals surface area contributed by atoms with Gasteiger partial charge in [-0.15, -0.1) is 0 Å². The third-order valence-corrected chi connectivity index (χ3v) is 3.71. The van der Waals surface area contributed by atoms with E-state index in [2.05, 4.69) is 6.92 Å². The highest BCUT2D eigenvalue weighted by molar-refractivity contribution is 7.98. The summed E-state index contributed by atoms with van der Waals surface area (Å²) in [6, 6.07) is -0.349. The van der Waals surface area contributed by atoms with Crippen LogP contribution in [-0.2, 0) is 9.53 Å². The fourth-order valence-corrected chi connectivity index (χ4v) is 2.43. The average Bonchev–Trinajstić information content (AvgIpc) is 2.60. The summed E-state index contributed by atoms with van der Waals surface area (Å²) in [5, 5.41) is 0. The molecule has 2 atom stereocenters. The van der Waals surface area contributed by atoms with Gasteiger partial charge < -0.3 is 15.4 Å². The topological polar surface area (TPSA) is 55.6 Å². The monoisotopic (exact) mass is 260 g/mol. The molecule has 1 aliphatic rings. The molecule has 2 N–H and O–H groups in total. The zero-order valence-corrected chi connectivity index (χ0v) is 11.7. The number of rotatable bonds is 5. The van der Waals surface area contributed by atoms with Crippen LogP contribution in [0.15, 0.2) is 0 Å². The van der Waals surface area contributed by atoms with Crippen molar-refractivity contribution in [2.75, 3.05) is 31.7 Å². The fourth-order valence-electron chi connectivity index (χ4n) is 1.95. The first-order valence-electron chi connectivity index (χ1n) is 6.34. The van der Waals surface area contributed by atoms with E-state index in [1.54, 1.807) is 11.8 Å². The molecule has 0 aromatic heterocycles. The molecule has 0 saturated carbocycles. The van der Waals surface area contributed by atoms with E-state index >= 15 is 0 Å². The Kier molecular flexibility index (Phi) is 6.92. The summed E-state index contributed by atoms with van der Waals surface area (Å²) in [5.41, 5.74) is 5.93. The van der Waals surface area contributed by atoms with Crippen molar-refractivity contribution in [3.63, 3.8) is 0 Å². The van der Waals surface area contributed by atoms with Crippen molar-refractivity contribution in [3.05, 3.63) is 0 Å². The van der Waals surface area contributed by atoms with Crippen LogP contribution in [0.2, 0.25) is 0 Å². The summed E-state index contributed by atoms with van der Waals surface area (Å²) in [6.07, 6.45) is 4.83. The smallest absolute Gasteiger partial charge is 0.239 e. The Labute approximate surface area is 108 Å². The summed E-state index contributed by atoms with van der Waals surface area (Å²) in [6.45, 7) is 4.32. The van der Waals surface area contributed by atoms with Crippen LogP contribution in [0.1, 0.15) is 26.2 Å². The zero-order valence-electron chi connectivity index (χ0n) is 10.9. The van der Waals surface area contributed by atoms with E-state index in [0.717, 1.165) is 38.2 Å². The molecule has 5 heteroatoms. The van der Waals surface area contributed by atoms with Gasteiger partial charge in [-0.1, -0.05) is 6.92 Å². The van der Waals surface area contributed by atoms with Gasteiger partial charge in [-0.05, 0) is 31.3 Å². The Balaban J connectivity index is 2.48. The molecular formula is C12H24N2O2S. The van der Waals surface area contributed by atoms with E-state index in [1.807, 2.05) is 11.2 Å². The van der Waals surface area contributed by atoms with Gasteiger partial charge in [0.2, 0.25) is 5.91 Å². The third kappa shape index (κ3) is 4.85. The molecule has 17 heavy (non-hydrogen) atoms. The minimum atomic E-state index is -0.349. The van der Waals surface area contributed by atoms with Crippen molar-refractivity contribution in [1.29, 1.82) is 0 Å². The number of hydrogen-bond donors (Lipinski definition) is 1. The molecule has 1 fully saturated rings. The third-order valence-electron chi connectivity index (χ3n) is 3.07. The molecule has 1 unspecified atom stereocenters. The van der Waals surface area contributed by atoms with Crippen LogP contribution in [-0.4, -0.2) is 54.7 Å². The Bertz CT molecular complexity index is 239. The van der Waals surface area contributed by atoms with Crippen molar-refractivity contribution in [1.82, 2.24) is 4.90 Å². The summed E-state index contributed by atoms with van der Waals surface area (Å²) in [5.74, 6) is 1.03. The lowest BCUT2D eigenvalue weighted by Gasteiger charge is -2.26. The van der Waals surface area contributed by atoms with E-state index in [9.17, 15) is 4.79 Å². The van der Waals surface area contributed by atoms with Gasteiger partial charge in [0, 0.05) is 19.7 Å². The highest BCUT2D eigenvalue weighted by Gasteiger charge is 2.25. The zero-order chi connectivity index (χ0) is 12.7. The van der Waals surface area contributed by atoms with Crippen LogP contribution in [0.5, 0.6) is 0 Å². The Morgan fingerprint density at radius 2 is 2.41 bits per heavy atom. The standard InChI is InChI=1S/C12H24N2O2S/c1-3-10-9-14(6-4-7-16-10)12(15)11(13)5-8-17-2/h10-11H,3-9,13H2,1-2H3/t10?,11-/m1/s1. The highest BCUT2D eigenvalue weighted by Crippen LogP contribution is 2.11. The second kappa shape index (κ2) is 7.95. The maximum absolute atomic E-state index is 12.2. The quantitative estimate of drug-likeness (QED) is 0.804. The molecule has 0 spiro atoms. The van der Waals surface area contributed by atoms with Crippen molar-refractivity contribution >= 4 is 17.7 Å². The molecule has 0 bridgehead atoms. The molecule has 1 rings (SSSR count). The Morgan fingerprint density at radius 3 is 3.06 bits per heavy atom. The molecule has 0 aromatic carbocycles. The highest BCUT2D eigenvalue weighted by atomic mass is 32.2. The van der Waals surface area contributed by atoms with Crippen LogP contribution in [0.25, 0.3) is 0 Å². The molecule has 1 aliphatic heterocycles. The lowest BCUT2D eigenvalue weighted by molar-refractivity contribution is -0.133. The lowest BCUT2D eigenvalue weighted by Crippen LogP contribution is -2.46. The molecule has 0 aromatic rings. The predicted octanol–water partition coefficient (Wildman–Crippen LogP) is 1.09. The minimum absolute atomic E-state index is 0.0861. The lowest BCUT2D eigenvalue weighted by atomic mass is 10.2. The molecule has 0 radical (unpaired) electrons. The normalized spacial score (nSPS) is 23.2. The van der Waals surface area contributed by atoms with Gasteiger partial charge in [0.15, 0.2) is 0 Å². The predicted molar refractivity (Wildman–Crippen MR) is 72.2 cm³/mol. The SMILES string of the molecule is CCC1CN(C(=O)[C@H](N)CCSC)CCCO1. The van der Waals surface area contributed by atoms with E-state index in [4.69, 9.17) is 10.5 Å². The van der Waals surface area contributed by atoms with Gasteiger partial charge in [-0.3, -0.25) is 4.79 Å². The molecule has 100 valence electrons. The molecule has 4 nitrogen and oxygen atoms in total. The van der Waals surface area contributed by atoms with E-state index in [1.165, 1.54) is 0 Å². The number of carbonyl (C=O) groups is 1. The molecular weight excluding hydrogens is 236 g/mol. The van der Waals surface area contributed by atoms with Crippen molar-refractivity contribution < 1.29 is 9.53 Å². The van der Waals surface area contributed by atoms with Gasteiger partial charge in [-0.25, -0.2) is 0 Å². The Hall–Kier alpha value is -0.260. The molecule has 1 heterocycles. The summed E-state index contributed by atoms with van der Waals surface area (Å²) < 4.78 is 5.65. The average molecular weight is 260 g/mol. The number of hydrogen-bond acceptors (Lipinski definition) is 4. The first kappa shape index (κ1) is 14.8. The number of ether oxygens (including phenoxy) is 1. The van der Waals surface area contributed by atoms with Crippen molar-refractivity contribution in [3.8, 4) is 0 Å². The summed E-state index contributed by atoms with van der Waals surface area (Å²) in [4.78, 5) is 14.0. The van der Waals surface area contributed by atoms with Gasteiger partial charge in [0.1, 0.15) is 0 Å². The number of nitrogens with zero attached hydrogens (tertiary/aromatic N) is 1. The van der Waals surface area contributed by atoms with E-state index < -0.39 is 0 Å². The van der Waals surface area contributed by atoms with Crippen molar-refractivity contribution in [2.45, 2.75) is 38.3 Å². The van der Waals surface area contributed by atoms with Crippen LogP contribution >= 0.6 is 11.8 Å². The first-order valence-corrected chi connectivity index (χ1v) is 7.73. The summed E-state index contributed by atoms with van der Waals surface area (Å²) in [7, 11) is 0. The maximum Gasteiger partial charge on any atom is 0.239 e. The number of nitrogens with two attached hydrogens (primary N) is 1.